The molecule has 14 heavy (non-hydrogen) atoms. The highest BCUT2D eigenvalue weighted by atomic mass is 16.4. The molecular formula is C12H14O2. The normalized spacial score (nSPS) is 10.6. The number of allylic oxidation sites excluding steroid dienone is 1. The number of hydrogen-bond donors (Lipinski definition) is 1. The first-order valence-electron chi connectivity index (χ1n) is 4.66. The van der Waals surface area contributed by atoms with E-state index >= 15 is 0 Å². The molecule has 0 atom stereocenters. The van der Waals surface area contributed by atoms with E-state index in [1.807, 2.05) is 43.3 Å². The van der Waals surface area contributed by atoms with E-state index in [2.05, 4.69) is 0 Å². The van der Waals surface area contributed by atoms with Gasteiger partial charge in [0.05, 0.1) is 0 Å². The molecule has 74 valence electrons. The van der Waals surface area contributed by atoms with Crippen LogP contribution in [0.5, 0.6) is 0 Å². The molecule has 2 heteroatoms. The molecule has 0 aliphatic carbocycles. The summed E-state index contributed by atoms with van der Waals surface area (Å²) in [6.45, 7) is 1.97. The summed E-state index contributed by atoms with van der Waals surface area (Å²) in [5.74, 6) is -0.748. The van der Waals surface area contributed by atoms with Crippen LogP contribution in [0.3, 0.4) is 0 Å². The summed E-state index contributed by atoms with van der Waals surface area (Å²) < 4.78 is 0. The van der Waals surface area contributed by atoms with Crippen molar-refractivity contribution in [2.24, 2.45) is 0 Å². The average molecular weight is 190 g/mol. The number of carboxylic acids is 1. The standard InChI is InChI=1S/C12H14O2/c1-2-3-10-4-6-11(7-5-10)8-9-12(13)14/h2-7H,8-9H2,1H3,(H,13,14). The first kappa shape index (κ1) is 10.5. The van der Waals surface area contributed by atoms with Gasteiger partial charge < -0.3 is 5.11 Å². The van der Waals surface area contributed by atoms with E-state index in [0.717, 1.165) is 11.1 Å². The minimum atomic E-state index is -0.748. The van der Waals surface area contributed by atoms with Crippen LogP contribution in [0.25, 0.3) is 6.08 Å². The Morgan fingerprint density at radius 2 is 2.00 bits per heavy atom. The van der Waals surface area contributed by atoms with Gasteiger partial charge in [0.25, 0.3) is 0 Å². The van der Waals surface area contributed by atoms with Crippen molar-refractivity contribution < 1.29 is 9.90 Å². The van der Waals surface area contributed by atoms with Crippen LogP contribution in [0.15, 0.2) is 30.3 Å². The monoisotopic (exact) mass is 190 g/mol. The van der Waals surface area contributed by atoms with Crippen molar-refractivity contribution in [1.82, 2.24) is 0 Å². The first-order valence-corrected chi connectivity index (χ1v) is 4.66. The third-order valence-electron chi connectivity index (χ3n) is 1.97. The molecule has 0 saturated heterocycles. The maximum atomic E-state index is 10.3. The van der Waals surface area contributed by atoms with Crippen molar-refractivity contribution in [3.8, 4) is 0 Å². The van der Waals surface area contributed by atoms with E-state index in [1.165, 1.54) is 0 Å². The number of rotatable bonds is 4. The fourth-order valence-corrected chi connectivity index (χ4v) is 1.24. The zero-order valence-electron chi connectivity index (χ0n) is 8.23. The van der Waals surface area contributed by atoms with Crippen LogP contribution in [0.1, 0.15) is 24.5 Å². The van der Waals surface area contributed by atoms with Gasteiger partial charge in [-0.1, -0.05) is 36.4 Å². The molecule has 0 bridgehead atoms. The van der Waals surface area contributed by atoms with Gasteiger partial charge >= 0.3 is 5.97 Å². The Labute approximate surface area is 83.9 Å². The van der Waals surface area contributed by atoms with Gasteiger partial charge in [0, 0.05) is 6.42 Å². The highest BCUT2D eigenvalue weighted by Crippen LogP contribution is 2.08. The summed E-state index contributed by atoms with van der Waals surface area (Å²) in [6.07, 6.45) is 4.79. The quantitative estimate of drug-likeness (QED) is 0.792. The van der Waals surface area contributed by atoms with E-state index in [1.54, 1.807) is 0 Å². The molecule has 0 heterocycles. The van der Waals surface area contributed by atoms with Gasteiger partial charge in [-0.05, 0) is 24.5 Å². The molecule has 2 nitrogen and oxygen atoms in total. The molecule has 1 aromatic carbocycles. The van der Waals surface area contributed by atoms with Gasteiger partial charge in [-0.2, -0.15) is 0 Å². The molecule has 1 aromatic rings. The molecule has 1 N–H and O–H groups in total. The van der Waals surface area contributed by atoms with Crippen LogP contribution in [-0.2, 0) is 11.2 Å². The van der Waals surface area contributed by atoms with E-state index in [-0.39, 0.29) is 6.42 Å². The second kappa shape index (κ2) is 5.22. The van der Waals surface area contributed by atoms with Gasteiger partial charge in [-0.15, -0.1) is 0 Å². The molecule has 1 rings (SSSR count). The lowest BCUT2D eigenvalue weighted by Crippen LogP contribution is -1.97. The maximum Gasteiger partial charge on any atom is 0.303 e. The molecule has 0 saturated carbocycles. The minimum absolute atomic E-state index is 0.197. The summed E-state index contributed by atoms with van der Waals surface area (Å²) in [5, 5.41) is 8.50. The average Bonchev–Trinajstić information content (AvgIpc) is 2.17. The topological polar surface area (TPSA) is 37.3 Å². The Balaban J connectivity index is 2.59. The number of carboxylic acid groups (broad SMARTS) is 1. The zero-order chi connectivity index (χ0) is 10.4. The Morgan fingerprint density at radius 3 is 2.50 bits per heavy atom. The molecule has 0 aromatic heterocycles. The lowest BCUT2D eigenvalue weighted by atomic mass is 10.1. The molecule has 0 spiro atoms. The largest absolute Gasteiger partial charge is 0.481 e. The van der Waals surface area contributed by atoms with E-state index in [0.29, 0.717) is 6.42 Å². The summed E-state index contributed by atoms with van der Waals surface area (Å²) in [4.78, 5) is 10.3. The molecule has 0 aliphatic rings. The fraction of sp³-hybridized carbons (Fsp3) is 0.250. The highest BCUT2D eigenvalue weighted by molar-refractivity contribution is 5.67. The van der Waals surface area contributed by atoms with Crippen molar-refractivity contribution >= 4 is 12.0 Å². The van der Waals surface area contributed by atoms with Crippen LogP contribution < -0.4 is 0 Å². The fourth-order valence-electron chi connectivity index (χ4n) is 1.24. The van der Waals surface area contributed by atoms with Gasteiger partial charge in [0.15, 0.2) is 0 Å². The number of hydrogen-bond acceptors (Lipinski definition) is 1. The Morgan fingerprint density at radius 1 is 1.36 bits per heavy atom. The predicted octanol–water partition coefficient (Wildman–Crippen LogP) is 2.74. The minimum Gasteiger partial charge on any atom is -0.481 e. The first-order chi connectivity index (χ1) is 6.72. The van der Waals surface area contributed by atoms with Crippen LogP contribution in [0.4, 0.5) is 0 Å². The van der Waals surface area contributed by atoms with Gasteiger partial charge in [-0.25, -0.2) is 0 Å². The number of benzene rings is 1. The summed E-state index contributed by atoms with van der Waals surface area (Å²) >= 11 is 0. The number of aliphatic carboxylic acids is 1. The van der Waals surface area contributed by atoms with Crippen molar-refractivity contribution in [2.45, 2.75) is 19.8 Å². The molecule has 0 unspecified atom stereocenters. The van der Waals surface area contributed by atoms with Crippen molar-refractivity contribution in [3.05, 3.63) is 41.5 Å². The Hall–Kier alpha value is -1.57. The smallest absolute Gasteiger partial charge is 0.303 e. The molecular weight excluding hydrogens is 176 g/mol. The third-order valence-corrected chi connectivity index (χ3v) is 1.97. The van der Waals surface area contributed by atoms with Crippen molar-refractivity contribution in [3.63, 3.8) is 0 Å². The van der Waals surface area contributed by atoms with Gasteiger partial charge in [-0.3, -0.25) is 4.79 Å². The van der Waals surface area contributed by atoms with E-state index in [9.17, 15) is 4.79 Å². The zero-order valence-corrected chi connectivity index (χ0v) is 8.23. The maximum absolute atomic E-state index is 10.3. The predicted molar refractivity (Wildman–Crippen MR) is 57.1 cm³/mol. The van der Waals surface area contributed by atoms with Crippen LogP contribution in [0.2, 0.25) is 0 Å². The van der Waals surface area contributed by atoms with Crippen LogP contribution in [0, 0.1) is 0 Å². The van der Waals surface area contributed by atoms with Gasteiger partial charge in [0.2, 0.25) is 0 Å². The second-order valence-electron chi connectivity index (χ2n) is 3.14. The second-order valence-corrected chi connectivity index (χ2v) is 3.14. The Kier molecular flexibility index (Phi) is 3.92. The van der Waals surface area contributed by atoms with Crippen LogP contribution in [-0.4, -0.2) is 11.1 Å². The molecule has 0 amide bonds. The molecule has 0 radical (unpaired) electrons. The number of carbonyl (C=O) groups is 1. The highest BCUT2D eigenvalue weighted by Gasteiger charge is 1.98. The lowest BCUT2D eigenvalue weighted by molar-refractivity contribution is -0.136. The van der Waals surface area contributed by atoms with Crippen molar-refractivity contribution in [2.75, 3.05) is 0 Å². The summed E-state index contributed by atoms with van der Waals surface area (Å²) in [7, 11) is 0. The summed E-state index contributed by atoms with van der Waals surface area (Å²) in [5.41, 5.74) is 2.22. The number of aryl methyl sites for hydroxylation is 1. The Bertz CT molecular complexity index is 323. The van der Waals surface area contributed by atoms with E-state index < -0.39 is 5.97 Å². The van der Waals surface area contributed by atoms with E-state index in [4.69, 9.17) is 5.11 Å². The molecule has 0 aliphatic heterocycles. The van der Waals surface area contributed by atoms with Crippen molar-refractivity contribution in [1.29, 1.82) is 0 Å². The SMILES string of the molecule is CC=Cc1ccc(CCC(=O)O)cc1. The third kappa shape index (κ3) is 3.44. The lowest BCUT2D eigenvalue weighted by Gasteiger charge is -1.99. The molecule has 0 fully saturated rings. The summed E-state index contributed by atoms with van der Waals surface area (Å²) in [6, 6.07) is 7.94. The van der Waals surface area contributed by atoms with Gasteiger partial charge in [0.1, 0.15) is 0 Å². The van der Waals surface area contributed by atoms with Crippen LogP contribution >= 0.6 is 0 Å².